The van der Waals surface area contributed by atoms with Crippen molar-refractivity contribution in [2.24, 2.45) is 0 Å². The van der Waals surface area contributed by atoms with E-state index in [0.717, 1.165) is 45.6 Å². The molecule has 2 heterocycles. The van der Waals surface area contributed by atoms with Gasteiger partial charge in [-0.1, -0.05) is 24.3 Å². The van der Waals surface area contributed by atoms with Crippen molar-refractivity contribution >= 4 is 34.7 Å². The summed E-state index contributed by atoms with van der Waals surface area (Å²) in [5.41, 5.74) is 2.46. The Balaban J connectivity index is 1.54. The summed E-state index contributed by atoms with van der Waals surface area (Å²) in [6.07, 6.45) is 1.22. The minimum absolute atomic E-state index is 0.0519. The number of carbonyl (C=O) groups excluding carboxylic acids is 1. The number of halogens is 1. The first-order valence-electron chi connectivity index (χ1n) is 8.43. The van der Waals surface area contributed by atoms with E-state index in [-0.39, 0.29) is 18.1 Å². The van der Waals surface area contributed by atoms with Crippen molar-refractivity contribution in [1.82, 2.24) is 4.98 Å². The molecule has 2 aromatic carbocycles. The summed E-state index contributed by atoms with van der Waals surface area (Å²) in [5, 5.41) is 2.62. The topological polar surface area (TPSA) is 33.2 Å². The third-order valence-electron chi connectivity index (χ3n) is 4.20. The maximum Gasteiger partial charge on any atom is 0.233 e. The average Bonchev–Trinajstić information content (AvgIpc) is 3.00. The molecule has 0 aliphatic carbocycles. The number of hydrogen-bond donors (Lipinski definition) is 0. The highest BCUT2D eigenvalue weighted by Crippen LogP contribution is 2.34. The van der Waals surface area contributed by atoms with Crippen LogP contribution in [0.25, 0.3) is 10.6 Å². The molecule has 0 unspecified atom stereocenters. The van der Waals surface area contributed by atoms with Gasteiger partial charge in [-0.3, -0.25) is 4.79 Å². The summed E-state index contributed by atoms with van der Waals surface area (Å²) in [6, 6.07) is 14.4. The molecule has 6 heteroatoms. The molecular formula is C20H17FN2OS2. The molecular weight excluding hydrogens is 367 g/mol. The van der Waals surface area contributed by atoms with E-state index >= 15 is 0 Å². The molecule has 3 nitrogen and oxygen atoms in total. The summed E-state index contributed by atoms with van der Waals surface area (Å²) < 4.78 is 13.4. The zero-order chi connectivity index (χ0) is 17.9. The number of hydrogen-bond acceptors (Lipinski definition) is 4. The van der Waals surface area contributed by atoms with E-state index < -0.39 is 0 Å². The van der Waals surface area contributed by atoms with Crippen LogP contribution in [0.15, 0.2) is 58.8 Å². The van der Waals surface area contributed by atoms with Crippen molar-refractivity contribution in [3.63, 3.8) is 0 Å². The second-order valence-electron chi connectivity index (χ2n) is 6.05. The van der Waals surface area contributed by atoms with Crippen molar-refractivity contribution in [3.05, 3.63) is 65.4 Å². The van der Waals surface area contributed by atoms with Crippen LogP contribution in [0.2, 0.25) is 0 Å². The molecule has 1 aliphatic rings. The Labute approximate surface area is 159 Å². The Bertz CT molecular complexity index is 941. The Morgan fingerprint density at radius 1 is 1.19 bits per heavy atom. The van der Waals surface area contributed by atoms with E-state index in [1.807, 2.05) is 34.5 Å². The second kappa shape index (κ2) is 7.60. The van der Waals surface area contributed by atoms with Crippen LogP contribution < -0.4 is 4.90 Å². The number of amides is 1. The lowest BCUT2D eigenvalue weighted by Crippen LogP contribution is -2.33. The molecule has 0 spiro atoms. The quantitative estimate of drug-likeness (QED) is 0.636. The summed E-state index contributed by atoms with van der Waals surface area (Å²) in [7, 11) is 0. The minimum Gasteiger partial charge on any atom is -0.311 e. The maximum absolute atomic E-state index is 13.4. The molecule has 1 aromatic heterocycles. The fraction of sp³-hybridized carbons (Fsp3) is 0.200. The van der Waals surface area contributed by atoms with Gasteiger partial charge < -0.3 is 4.90 Å². The summed E-state index contributed by atoms with van der Waals surface area (Å²) in [4.78, 5) is 20.5. The molecule has 1 amide bonds. The highest BCUT2D eigenvalue weighted by molar-refractivity contribution is 7.99. The van der Waals surface area contributed by atoms with Crippen LogP contribution in [0.1, 0.15) is 12.1 Å². The van der Waals surface area contributed by atoms with Gasteiger partial charge >= 0.3 is 0 Å². The van der Waals surface area contributed by atoms with Gasteiger partial charge in [0.15, 0.2) is 0 Å². The van der Waals surface area contributed by atoms with Crippen molar-refractivity contribution < 1.29 is 9.18 Å². The van der Waals surface area contributed by atoms with E-state index in [2.05, 4.69) is 11.1 Å². The number of nitrogens with zero attached hydrogens (tertiary/aromatic N) is 2. The van der Waals surface area contributed by atoms with Gasteiger partial charge in [0.25, 0.3) is 0 Å². The van der Waals surface area contributed by atoms with E-state index in [1.54, 1.807) is 17.8 Å². The van der Waals surface area contributed by atoms with Gasteiger partial charge in [-0.15, -0.1) is 23.1 Å². The number of thiazole rings is 1. The van der Waals surface area contributed by atoms with Crippen LogP contribution in [0.4, 0.5) is 10.1 Å². The third-order valence-corrected chi connectivity index (χ3v) is 6.29. The molecule has 0 saturated heterocycles. The van der Waals surface area contributed by atoms with Gasteiger partial charge in [0.05, 0.1) is 17.8 Å². The summed E-state index contributed by atoms with van der Waals surface area (Å²) >= 11 is 3.23. The Hall–Kier alpha value is -2.18. The first-order valence-corrected chi connectivity index (χ1v) is 10.3. The molecule has 0 atom stereocenters. The molecule has 0 saturated carbocycles. The molecule has 0 fully saturated rings. The van der Waals surface area contributed by atoms with Crippen LogP contribution in [0.3, 0.4) is 0 Å². The lowest BCUT2D eigenvalue weighted by Gasteiger charge is -2.22. The van der Waals surface area contributed by atoms with Crippen molar-refractivity contribution in [2.45, 2.75) is 17.7 Å². The Kier molecular flexibility index (Phi) is 5.04. The standard InChI is InChI=1S/C20H17FN2OS2/c21-15-6-3-5-14(11-15)20-22-16(13-26-20)12-19(24)23-9-4-10-25-18-8-2-1-7-17(18)23/h1-3,5-8,11,13H,4,9-10,12H2. The Morgan fingerprint density at radius 2 is 2.08 bits per heavy atom. The molecule has 1 aliphatic heterocycles. The van der Waals surface area contributed by atoms with Gasteiger partial charge in [-0.25, -0.2) is 9.37 Å². The van der Waals surface area contributed by atoms with Gasteiger partial charge in [0, 0.05) is 22.4 Å². The van der Waals surface area contributed by atoms with Gasteiger partial charge in [-0.05, 0) is 36.4 Å². The predicted molar refractivity (Wildman–Crippen MR) is 105 cm³/mol. The van der Waals surface area contributed by atoms with Crippen LogP contribution in [0.5, 0.6) is 0 Å². The fourth-order valence-electron chi connectivity index (χ4n) is 2.98. The smallest absolute Gasteiger partial charge is 0.233 e. The van der Waals surface area contributed by atoms with Crippen LogP contribution >= 0.6 is 23.1 Å². The van der Waals surface area contributed by atoms with Gasteiger partial charge in [-0.2, -0.15) is 0 Å². The normalized spacial score (nSPS) is 14.0. The first-order chi connectivity index (χ1) is 12.7. The van der Waals surface area contributed by atoms with Crippen molar-refractivity contribution in [1.29, 1.82) is 0 Å². The fourth-order valence-corrected chi connectivity index (χ4v) is 4.79. The highest BCUT2D eigenvalue weighted by Gasteiger charge is 2.22. The van der Waals surface area contributed by atoms with Crippen LogP contribution in [-0.4, -0.2) is 23.2 Å². The lowest BCUT2D eigenvalue weighted by atomic mass is 10.2. The molecule has 0 radical (unpaired) electrons. The van der Waals surface area contributed by atoms with E-state index in [9.17, 15) is 9.18 Å². The third kappa shape index (κ3) is 3.66. The molecule has 4 rings (SSSR count). The number of aromatic nitrogens is 1. The average molecular weight is 385 g/mol. The van der Waals surface area contributed by atoms with Gasteiger partial charge in [0.2, 0.25) is 5.91 Å². The minimum atomic E-state index is -0.283. The first kappa shape index (κ1) is 17.2. The maximum atomic E-state index is 13.4. The van der Waals surface area contributed by atoms with Crippen molar-refractivity contribution in [2.75, 3.05) is 17.2 Å². The molecule has 0 N–H and O–H groups in total. The number of anilines is 1. The number of carbonyl (C=O) groups is 1. The number of para-hydroxylation sites is 1. The Morgan fingerprint density at radius 3 is 2.96 bits per heavy atom. The van der Waals surface area contributed by atoms with E-state index in [4.69, 9.17) is 0 Å². The number of rotatable bonds is 3. The zero-order valence-corrected chi connectivity index (χ0v) is 15.7. The molecule has 3 aromatic rings. The number of thioether (sulfide) groups is 1. The zero-order valence-electron chi connectivity index (χ0n) is 14.0. The summed E-state index contributed by atoms with van der Waals surface area (Å²) in [5.74, 6) is 0.784. The molecule has 132 valence electrons. The van der Waals surface area contributed by atoms with Crippen LogP contribution in [0, 0.1) is 5.82 Å². The van der Waals surface area contributed by atoms with Crippen LogP contribution in [-0.2, 0) is 11.2 Å². The van der Waals surface area contributed by atoms with E-state index in [1.165, 1.54) is 23.5 Å². The number of benzene rings is 2. The lowest BCUT2D eigenvalue weighted by molar-refractivity contribution is -0.118. The van der Waals surface area contributed by atoms with Crippen molar-refractivity contribution in [3.8, 4) is 10.6 Å². The predicted octanol–water partition coefficient (Wildman–Crippen LogP) is 5.02. The molecule has 26 heavy (non-hydrogen) atoms. The molecule has 0 bridgehead atoms. The second-order valence-corrected chi connectivity index (χ2v) is 8.04. The summed E-state index contributed by atoms with van der Waals surface area (Å²) in [6.45, 7) is 0.726. The monoisotopic (exact) mass is 384 g/mol. The van der Waals surface area contributed by atoms with E-state index in [0.29, 0.717) is 0 Å². The van der Waals surface area contributed by atoms with Gasteiger partial charge in [0.1, 0.15) is 10.8 Å². The largest absolute Gasteiger partial charge is 0.311 e. The SMILES string of the molecule is O=C(Cc1csc(-c2cccc(F)c2)n1)N1CCCSc2ccccc21. The number of fused-ring (bicyclic) bond motifs is 1. The highest BCUT2D eigenvalue weighted by atomic mass is 32.2.